The van der Waals surface area contributed by atoms with Crippen molar-refractivity contribution < 1.29 is 22.7 Å². The average molecular weight is 371 g/mol. The van der Waals surface area contributed by atoms with Crippen LogP contribution in [0.5, 0.6) is 0 Å². The Labute approximate surface area is 150 Å². The Morgan fingerprint density at radius 3 is 2.73 bits per heavy atom. The predicted molar refractivity (Wildman–Crippen MR) is 90.5 cm³/mol. The molecule has 5 nitrogen and oxygen atoms in total. The molecule has 0 spiro atoms. The Balaban J connectivity index is 1.42. The number of benzene rings is 1. The molecule has 8 heteroatoms. The number of rotatable bonds is 5. The van der Waals surface area contributed by atoms with Gasteiger partial charge < -0.3 is 15.4 Å². The van der Waals surface area contributed by atoms with Gasteiger partial charge in [-0.15, -0.1) is 0 Å². The highest BCUT2D eigenvalue weighted by Crippen LogP contribution is 2.29. The zero-order valence-corrected chi connectivity index (χ0v) is 14.5. The standard InChI is InChI=1S/C18H24F3N3O2/c19-18(20,21)14-3-1-13(2-4-14)10-24-7-5-15(11-24)23-17(25)9-16-12-26-8-6-22-16/h1-4,15-16,22H,5-12H2,(H,23,25). The number of likely N-dealkylation sites (tertiary alicyclic amines) is 1. The van der Waals surface area contributed by atoms with Crippen molar-refractivity contribution in [3.63, 3.8) is 0 Å². The summed E-state index contributed by atoms with van der Waals surface area (Å²) in [7, 11) is 0. The molecule has 2 unspecified atom stereocenters. The molecule has 1 aromatic rings. The fourth-order valence-corrected chi connectivity index (χ4v) is 3.41. The number of hydrogen-bond donors (Lipinski definition) is 2. The predicted octanol–water partition coefficient (Wildman–Crippen LogP) is 1.77. The molecule has 2 N–H and O–H groups in total. The normalized spacial score (nSPS) is 24.6. The van der Waals surface area contributed by atoms with Gasteiger partial charge in [0.25, 0.3) is 0 Å². The van der Waals surface area contributed by atoms with Gasteiger partial charge in [0.15, 0.2) is 0 Å². The molecule has 2 atom stereocenters. The second-order valence-corrected chi connectivity index (χ2v) is 6.91. The van der Waals surface area contributed by atoms with E-state index in [0.29, 0.717) is 32.7 Å². The van der Waals surface area contributed by atoms with Gasteiger partial charge in [-0.1, -0.05) is 12.1 Å². The van der Waals surface area contributed by atoms with Gasteiger partial charge >= 0.3 is 6.18 Å². The van der Waals surface area contributed by atoms with E-state index < -0.39 is 11.7 Å². The van der Waals surface area contributed by atoms with E-state index in [9.17, 15) is 18.0 Å². The maximum Gasteiger partial charge on any atom is 0.416 e. The molecule has 0 aromatic heterocycles. The Morgan fingerprint density at radius 1 is 1.31 bits per heavy atom. The molecule has 26 heavy (non-hydrogen) atoms. The van der Waals surface area contributed by atoms with Crippen LogP contribution >= 0.6 is 0 Å². The molecule has 1 aromatic carbocycles. The maximum absolute atomic E-state index is 12.6. The van der Waals surface area contributed by atoms with Crippen molar-refractivity contribution in [3.05, 3.63) is 35.4 Å². The molecule has 2 aliphatic heterocycles. The quantitative estimate of drug-likeness (QED) is 0.829. The third-order valence-electron chi connectivity index (χ3n) is 4.76. The fraction of sp³-hybridized carbons (Fsp3) is 0.611. The van der Waals surface area contributed by atoms with Gasteiger partial charge in [0.2, 0.25) is 5.91 Å². The summed E-state index contributed by atoms with van der Waals surface area (Å²) in [6.07, 6.45) is -3.06. The number of halogens is 3. The highest BCUT2D eigenvalue weighted by atomic mass is 19.4. The monoisotopic (exact) mass is 371 g/mol. The van der Waals surface area contributed by atoms with Crippen LogP contribution in [0, 0.1) is 0 Å². The lowest BCUT2D eigenvalue weighted by molar-refractivity contribution is -0.137. The number of nitrogens with one attached hydrogen (secondary N) is 2. The number of nitrogens with zero attached hydrogens (tertiary/aromatic N) is 1. The molecule has 2 heterocycles. The van der Waals surface area contributed by atoms with Crippen molar-refractivity contribution in [1.29, 1.82) is 0 Å². The van der Waals surface area contributed by atoms with Crippen molar-refractivity contribution in [1.82, 2.24) is 15.5 Å². The minimum absolute atomic E-state index is 0.00869. The van der Waals surface area contributed by atoms with E-state index in [1.165, 1.54) is 12.1 Å². The lowest BCUT2D eigenvalue weighted by Gasteiger charge is -2.24. The Kier molecular flexibility index (Phi) is 6.16. The molecule has 1 amide bonds. The topological polar surface area (TPSA) is 53.6 Å². The first kappa shape index (κ1) is 19.1. The van der Waals surface area contributed by atoms with Gasteiger partial charge in [-0.3, -0.25) is 9.69 Å². The van der Waals surface area contributed by atoms with Crippen LogP contribution in [0.1, 0.15) is 24.0 Å². The van der Waals surface area contributed by atoms with Crippen LogP contribution in [0.3, 0.4) is 0 Å². The van der Waals surface area contributed by atoms with Crippen LogP contribution in [0.4, 0.5) is 13.2 Å². The zero-order valence-electron chi connectivity index (χ0n) is 14.5. The first-order chi connectivity index (χ1) is 12.4. The van der Waals surface area contributed by atoms with Gasteiger partial charge in [-0.25, -0.2) is 0 Å². The number of hydrogen-bond acceptors (Lipinski definition) is 4. The molecule has 0 radical (unpaired) electrons. The summed E-state index contributed by atoms with van der Waals surface area (Å²) >= 11 is 0. The molecular formula is C18H24F3N3O2. The molecule has 0 aliphatic carbocycles. The minimum Gasteiger partial charge on any atom is -0.378 e. The second kappa shape index (κ2) is 8.37. The first-order valence-electron chi connectivity index (χ1n) is 8.89. The van der Waals surface area contributed by atoms with E-state index in [-0.39, 0.29) is 18.0 Å². The van der Waals surface area contributed by atoms with Gasteiger partial charge in [0.1, 0.15) is 0 Å². The number of carbonyl (C=O) groups is 1. The van der Waals surface area contributed by atoms with Gasteiger partial charge in [0.05, 0.1) is 18.8 Å². The summed E-state index contributed by atoms with van der Waals surface area (Å²) < 4.78 is 43.2. The molecular weight excluding hydrogens is 347 g/mol. The fourth-order valence-electron chi connectivity index (χ4n) is 3.41. The van der Waals surface area contributed by atoms with E-state index >= 15 is 0 Å². The number of alkyl halides is 3. The SMILES string of the molecule is O=C(CC1COCCN1)NC1CCN(Cc2ccc(C(F)(F)F)cc2)C1. The number of morpholine rings is 1. The van der Waals surface area contributed by atoms with E-state index in [4.69, 9.17) is 4.74 Å². The molecule has 0 bridgehead atoms. The van der Waals surface area contributed by atoms with Gasteiger partial charge in [0, 0.05) is 44.7 Å². The van der Waals surface area contributed by atoms with Crippen LogP contribution < -0.4 is 10.6 Å². The van der Waals surface area contributed by atoms with Crippen LogP contribution in [0.2, 0.25) is 0 Å². The molecule has 2 saturated heterocycles. The molecule has 0 saturated carbocycles. The van der Waals surface area contributed by atoms with E-state index in [2.05, 4.69) is 15.5 Å². The largest absolute Gasteiger partial charge is 0.416 e. The highest BCUT2D eigenvalue weighted by Gasteiger charge is 2.30. The summed E-state index contributed by atoms with van der Waals surface area (Å²) in [6.45, 7) is 4.11. The van der Waals surface area contributed by atoms with Crippen LogP contribution in [-0.2, 0) is 22.3 Å². The molecule has 3 rings (SSSR count). The van der Waals surface area contributed by atoms with Crippen molar-refractivity contribution in [3.8, 4) is 0 Å². The van der Waals surface area contributed by atoms with Crippen molar-refractivity contribution in [2.75, 3.05) is 32.8 Å². The number of ether oxygens (including phenoxy) is 1. The van der Waals surface area contributed by atoms with Gasteiger partial charge in [-0.05, 0) is 24.1 Å². The molecule has 2 fully saturated rings. The highest BCUT2D eigenvalue weighted by molar-refractivity contribution is 5.77. The number of amides is 1. The summed E-state index contributed by atoms with van der Waals surface area (Å²) in [6, 6.07) is 5.41. The molecule has 144 valence electrons. The van der Waals surface area contributed by atoms with Crippen LogP contribution in [0.15, 0.2) is 24.3 Å². The van der Waals surface area contributed by atoms with E-state index in [0.717, 1.165) is 37.2 Å². The maximum atomic E-state index is 12.6. The lowest BCUT2D eigenvalue weighted by atomic mass is 10.1. The average Bonchev–Trinajstić information content (AvgIpc) is 3.02. The summed E-state index contributed by atoms with van der Waals surface area (Å²) in [5.74, 6) is 0.00869. The Bertz CT molecular complexity index is 601. The first-order valence-corrected chi connectivity index (χ1v) is 8.89. The Hall–Kier alpha value is -1.64. The van der Waals surface area contributed by atoms with Crippen molar-refractivity contribution in [2.45, 2.75) is 37.6 Å². The molecule has 2 aliphatic rings. The van der Waals surface area contributed by atoms with Crippen LogP contribution in [0.25, 0.3) is 0 Å². The van der Waals surface area contributed by atoms with Crippen molar-refractivity contribution >= 4 is 5.91 Å². The van der Waals surface area contributed by atoms with Crippen LogP contribution in [-0.4, -0.2) is 55.7 Å². The summed E-state index contributed by atoms with van der Waals surface area (Å²) in [5, 5.41) is 6.30. The summed E-state index contributed by atoms with van der Waals surface area (Å²) in [4.78, 5) is 14.3. The number of carbonyl (C=O) groups excluding carboxylic acids is 1. The summed E-state index contributed by atoms with van der Waals surface area (Å²) in [5.41, 5.74) is 0.210. The zero-order chi connectivity index (χ0) is 18.6. The Morgan fingerprint density at radius 2 is 2.08 bits per heavy atom. The van der Waals surface area contributed by atoms with E-state index in [1.54, 1.807) is 0 Å². The third-order valence-corrected chi connectivity index (χ3v) is 4.76. The smallest absolute Gasteiger partial charge is 0.378 e. The minimum atomic E-state index is -4.31. The van der Waals surface area contributed by atoms with Crippen molar-refractivity contribution in [2.24, 2.45) is 0 Å². The second-order valence-electron chi connectivity index (χ2n) is 6.91. The van der Waals surface area contributed by atoms with Gasteiger partial charge in [-0.2, -0.15) is 13.2 Å². The lowest BCUT2D eigenvalue weighted by Crippen LogP contribution is -2.46. The van der Waals surface area contributed by atoms with E-state index in [1.807, 2.05) is 0 Å². The third kappa shape index (κ3) is 5.43.